The monoisotopic (exact) mass is 580 g/mol. The molecule has 3 aromatic rings. The van der Waals surface area contributed by atoms with Crippen LogP contribution in [0.2, 0.25) is 0 Å². The minimum atomic E-state index is -1.08. The molecule has 0 aliphatic rings. The number of benzene rings is 3. The van der Waals surface area contributed by atoms with E-state index in [1.807, 2.05) is 0 Å². The van der Waals surface area contributed by atoms with Gasteiger partial charge in [0.05, 0.1) is 11.4 Å². The summed E-state index contributed by atoms with van der Waals surface area (Å²) in [6.07, 6.45) is 2.85. The summed E-state index contributed by atoms with van der Waals surface area (Å²) in [5.74, 6) is -4.19. The number of aromatic hydroxyl groups is 4. The van der Waals surface area contributed by atoms with E-state index in [1.54, 1.807) is 48.5 Å². The molecule has 0 aromatic heterocycles. The number of nitrogens with zero attached hydrogens (tertiary/aromatic N) is 2. The zero-order valence-corrected chi connectivity index (χ0v) is 22.1. The molecule has 0 amide bonds. The van der Waals surface area contributed by atoms with Crippen molar-refractivity contribution in [1.29, 1.82) is 0 Å². The molecule has 206 valence electrons. The van der Waals surface area contributed by atoms with Crippen LogP contribution >= 0.6 is 0 Å². The summed E-state index contributed by atoms with van der Waals surface area (Å²) in [5, 5.41) is 65.4. The van der Waals surface area contributed by atoms with Crippen LogP contribution in [0.4, 0.5) is 11.4 Å². The molecule has 13 heteroatoms. The first-order valence-corrected chi connectivity index (χ1v) is 10.5. The van der Waals surface area contributed by atoms with E-state index in [9.17, 15) is 20.4 Å². The number of phenols is 4. The Hall–Kier alpha value is -4.87. The number of carbonyl (C=O) groups is 3. The second-order valence-electron chi connectivity index (χ2n) is 6.91. The number of para-hydroxylation sites is 4. The number of carboxylic acid groups (broad SMARTS) is 3. The molecule has 12 nitrogen and oxygen atoms in total. The predicted molar refractivity (Wildman–Crippen MR) is 133 cm³/mol. The summed E-state index contributed by atoms with van der Waals surface area (Å²) in [7, 11) is 0. The van der Waals surface area contributed by atoms with Crippen molar-refractivity contribution >= 4 is 41.7 Å². The summed E-state index contributed by atoms with van der Waals surface area (Å²) in [6.45, 7) is 2.92. The van der Waals surface area contributed by atoms with Crippen LogP contribution in [0.15, 0.2) is 70.6 Å². The Kier molecular flexibility index (Phi) is 17.9. The van der Waals surface area contributed by atoms with E-state index in [-0.39, 0.29) is 40.1 Å². The number of phenolic OH excluding ortho intramolecular Hbond substituents is 4. The molecule has 0 radical (unpaired) electrons. The SMILES string of the molecule is CC(=O)[O-].CC(=O)[O-].CC(=O)[O-].Oc1cccc(C=Nc2ccccc2N=Cc2cccc(O)c2O)c1O.[Mn+3]. The minimum absolute atomic E-state index is 0. The topological polar surface area (TPSA) is 226 Å². The van der Waals surface area contributed by atoms with E-state index in [0.717, 1.165) is 20.8 Å². The number of aliphatic imine (C=N–C) groups is 2. The van der Waals surface area contributed by atoms with Gasteiger partial charge < -0.3 is 50.1 Å². The fourth-order valence-electron chi connectivity index (χ4n) is 2.27. The van der Waals surface area contributed by atoms with Gasteiger partial charge in [-0.3, -0.25) is 9.98 Å². The number of carboxylic acids is 3. The van der Waals surface area contributed by atoms with Crippen LogP contribution in [0.1, 0.15) is 31.9 Å². The van der Waals surface area contributed by atoms with E-state index < -0.39 is 17.9 Å². The maximum absolute atomic E-state index is 9.83. The third kappa shape index (κ3) is 16.5. The van der Waals surface area contributed by atoms with Gasteiger partial charge in [0.1, 0.15) is 0 Å². The Morgan fingerprint density at radius 3 is 1.15 bits per heavy atom. The van der Waals surface area contributed by atoms with Crippen LogP contribution in [-0.2, 0) is 31.5 Å². The average Bonchev–Trinajstić information content (AvgIpc) is 2.80. The van der Waals surface area contributed by atoms with Crippen LogP contribution in [0.5, 0.6) is 23.0 Å². The molecule has 0 aliphatic heterocycles. The minimum Gasteiger partial charge on any atom is -0.550 e. The van der Waals surface area contributed by atoms with Crippen molar-refractivity contribution in [3.05, 3.63) is 71.8 Å². The fraction of sp³-hybridized carbons (Fsp3) is 0.115. The number of rotatable bonds is 4. The Morgan fingerprint density at radius 1 is 0.590 bits per heavy atom. The molecule has 0 bridgehead atoms. The Labute approximate surface area is 234 Å². The molecule has 4 N–H and O–H groups in total. The quantitative estimate of drug-likeness (QED) is 0.187. The summed E-state index contributed by atoms with van der Waals surface area (Å²) in [4.78, 5) is 35.3. The van der Waals surface area contributed by atoms with Crippen LogP contribution in [0.3, 0.4) is 0 Å². The van der Waals surface area contributed by atoms with Crippen molar-refractivity contribution in [2.45, 2.75) is 20.8 Å². The van der Waals surface area contributed by atoms with Gasteiger partial charge >= 0.3 is 17.1 Å². The van der Waals surface area contributed by atoms with Crippen molar-refractivity contribution in [2.24, 2.45) is 9.98 Å². The van der Waals surface area contributed by atoms with E-state index in [2.05, 4.69) is 9.98 Å². The first-order chi connectivity index (χ1) is 17.8. The van der Waals surface area contributed by atoms with Crippen LogP contribution in [-0.4, -0.2) is 50.8 Å². The largest absolute Gasteiger partial charge is 3.00 e. The van der Waals surface area contributed by atoms with E-state index in [4.69, 9.17) is 29.7 Å². The zero-order valence-electron chi connectivity index (χ0n) is 20.9. The maximum Gasteiger partial charge on any atom is 3.00 e. The molecule has 0 aliphatic carbocycles. The van der Waals surface area contributed by atoms with Crippen molar-refractivity contribution in [1.82, 2.24) is 0 Å². The summed E-state index contributed by atoms with van der Waals surface area (Å²) in [5.41, 5.74) is 1.81. The molecule has 0 atom stereocenters. The molecule has 3 aromatic carbocycles. The van der Waals surface area contributed by atoms with Gasteiger partial charge in [-0.2, -0.15) is 0 Å². The van der Waals surface area contributed by atoms with Gasteiger partial charge in [0, 0.05) is 41.5 Å². The first-order valence-electron chi connectivity index (χ1n) is 10.5. The zero-order chi connectivity index (χ0) is 29.3. The van der Waals surface area contributed by atoms with Crippen LogP contribution in [0.25, 0.3) is 0 Å². The molecule has 3 rings (SSSR count). The van der Waals surface area contributed by atoms with Gasteiger partial charge in [0.15, 0.2) is 23.0 Å². The molecule has 0 saturated carbocycles. The van der Waals surface area contributed by atoms with E-state index in [1.165, 1.54) is 24.6 Å². The van der Waals surface area contributed by atoms with Gasteiger partial charge in [0.25, 0.3) is 0 Å². The molecule has 39 heavy (non-hydrogen) atoms. The number of hydrogen-bond acceptors (Lipinski definition) is 12. The summed E-state index contributed by atoms with van der Waals surface area (Å²) >= 11 is 0. The molecule has 0 spiro atoms. The normalized spacial score (nSPS) is 9.51. The first kappa shape index (κ1) is 36.3. The summed E-state index contributed by atoms with van der Waals surface area (Å²) < 4.78 is 0. The molecule has 0 heterocycles. The van der Waals surface area contributed by atoms with Crippen LogP contribution in [0, 0.1) is 0 Å². The summed E-state index contributed by atoms with van der Waals surface area (Å²) in [6, 6.07) is 16.3. The third-order valence-electron chi connectivity index (χ3n) is 3.66. The Balaban J connectivity index is 0. The molecule has 0 unspecified atom stereocenters. The van der Waals surface area contributed by atoms with Gasteiger partial charge in [-0.1, -0.05) is 24.3 Å². The van der Waals surface area contributed by atoms with E-state index in [0.29, 0.717) is 22.5 Å². The standard InChI is InChI=1S/C20H16N2O4.3C2H4O2.Mn/c23-17-9-3-5-13(19(17)25)11-21-15-7-1-2-8-16(15)22-12-14-6-4-10-18(24)20(14)26;3*1-2(3)4;/h1-12,23-26H;3*1H3,(H,3,4);/q;;;;+3/p-3. The number of carbonyl (C=O) groups excluding carboxylic acids is 3. The van der Waals surface area contributed by atoms with Gasteiger partial charge in [0.2, 0.25) is 0 Å². The van der Waals surface area contributed by atoms with Crippen molar-refractivity contribution in [3.8, 4) is 23.0 Å². The Bertz CT molecular complexity index is 1170. The van der Waals surface area contributed by atoms with Gasteiger partial charge in [-0.15, -0.1) is 0 Å². The van der Waals surface area contributed by atoms with Crippen molar-refractivity contribution in [2.75, 3.05) is 0 Å². The smallest absolute Gasteiger partial charge is 0.550 e. The van der Waals surface area contributed by atoms with Crippen molar-refractivity contribution in [3.63, 3.8) is 0 Å². The van der Waals surface area contributed by atoms with Crippen molar-refractivity contribution < 1.29 is 67.2 Å². The molecule has 0 fully saturated rings. The maximum atomic E-state index is 9.83. The fourth-order valence-corrected chi connectivity index (χ4v) is 2.27. The predicted octanol–water partition coefficient (Wildman–Crippen LogP) is 0.276. The second kappa shape index (κ2) is 19.3. The van der Waals surface area contributed by atoms with E-state index >= 15 is 0 Å². The number of hydrogen-bond donors (Lipinski definition) is 4. The van der Waals surface area contributed by atoms with Crippen LogP contribution < -0.4 is 15.3 Å². The second-order valence-corrected chi connectivity index (χ2v) is 6.91. The molecular weight excluding hydrogens is 555 g/mol. The van der Waals surface area contributed by atoms with Gasteiger partial charge in [-0.25, -0.2) is 0 Å². The average molecular weight is 580 g/mol. The third-order valence-corrected chi connectivity index (χ3v) is 3.66. The Morgan fingerprint density at radius 2 is 0.872 bits per heavy atom. The molecular formula is C26H25MnN2O10. The number of aliphatic carboxylic acids is 3. The van der Waals surface area contributed by atoms with Gasteiger partial charge in [-0.05, 0) is 57.2 Å². The molecule has 0 saturated heterocycles.